The van der Waals surface area contributed by atoms with Gasteiger partial charge in [-0.15, -0.1) is 11.3 Å². The summed E-state index contributed by atoms with van der Waals surface area (Å²) < 4.78 is 11.0. The molecule has 1 aromatic heterocycles. The fourth-order valence-electron chi connectivity index (χ4n) is 3.49. The van der Waals surface area contributed by atoms with E-state index >= 15 is 0 Å². The van der Waals surface area contributed by atoms with Gasteiger partial charge in [-0.1, -0.05) is 0 Å². The molecule has 1 atom stereocenters. The van der Waals surface area contributed by atoms with Crippen LogP contribution in [0.1, 0.15) is 12.5 Å². The van der Waals surface area contributed by atoms with Gasteiger partial charge in [-0.2, -0.15) is 5.26 Å². The van der Waals surface area contributed by atoms with E-state index in [0.717, 1.165) is 44.2 Å². The molecule has 0 aliphatic carbocycles. The molecule has 0 spiro atoms. The van der Waals surface area contributed by atoms with Crippen molar-refractivity contribution in [2.75, 3.05) is 51.8 Å². The number of hydrogen-bond donors (Lipinski definition) is 3. The number of piperazine rings is 1. The maximum atomic E-state index is 12.6. The molecule has 0 radical (unpaired) electrons. The van der Waals surface area contributed by atoms with E-state index in [1.807, 2.05) is 36.6 Å². The van der Waals surface area contributed by atoms with Crippen LogP contribution in [0.5, 0.6) is 11.5 Å². The highest BCUT2D eigenvalue weighted by Gasteiger charge is 2.31. The highest BCUT2D eigenvalue weighted by Crippen LogP contribution is 2.22. The molecule has 1 amide bonds. The number of benzene rings is 1. The van der Waals surface area contributed by atoms with Crippen molar-refractivity contribution in [3.8, 4) is 17.6 Å². The lowest BCUT2D eigenvalue weighted by molar-refractivity contribution is -1.02. The second-order valence-electron chi connectivity index (χ2n) is 7.17. The lowest BCUT2D eigenvalue weighted by Gasteiger charge is -2.32. The van der Waals surface area contributed by atoms with Crippen molar-refractivity contribution < 1.29 is 24.1 Å². The van der Waals surface area contributed by atoms with Gasteiger partial charge >= 0.3 is 0 Å². The predicted octanol–water partition coefficient (Wildman–Crippen LogP) is -0.182. The van der Waals surface area contributed by atoms with E-state index in [1.165, 1.54) is 21.1 Å². The van der Waals surface area contributed by atoms with Crippen molar-refractivity contribution in [3.63, 3.8) is 0 Å². The molecule has 29 heavy (non-hydrogen) atoms. The second kappa shape index (κ2) is 10.3. The van der Waals surface area contributed by atoms with Crippen LogP contribution in [0.25, 0.3) is 0 Å². The highest BCUT2D eigenvalue weighted by atomic mass is 32.1. The molecule has 0 unspecified atom stereocenters. The lowest BCUT2D eigenvalue weighted by Crippen LogP contribution is -3.30. The fourth-order valence-corrected chi connectivity index (χ4v) is 4.23. The minimum absolute atomic E-state index is 0.0229. The van der Waals surface area contributed by atoms with E-state index in [1.54, 1.807) is 13.2 Å². The van der Waals surface area contributed by atoms with Crippen molar-refractivity contribution in [1.82, 2.24) is 0 Å². The standard InChI is InChI=1S/C21H26N4O3S/c1-16(20(26)23-21-17(15-22)7-14-29-21)25-10-8-24(9-11-25)12-13-28-19-5-3-18(27-2)4-6-19/h3-7,14,16H,8-13H2,1-2H3,(H,23,26)/p+2/t16-/m1/s1. The summed E-state index contributed by atoms with van der Waals surface area (Å²) in [4.78, 5) is 15.4. The van der Waals surface area contributed by atoms with Crippen LogP contribution in [-0.4, -0.2) is 58.4 Å². The number of nitriles is 1. The maximum Gasteiger partial charge on any atom is 0.283 e. The van der Waals surface area contributed by atoms with Crippen molar-refractivity contribution in [1.29, 1.82) is 5.26 Å². The summed E-state index contributed by atoms with van der Waals surface area (Å²) in [5.74, 6) is 1.65. The SMILES string of the molecule is COc1ccc(OCC[NH+]2CC[NH+]([C@H](C)C(=O)Nc3sccc3C#N)CC2)cc1. The third-order valence-electron chi connectivity index (χ3n) is 5.41. The third kappa shape index (κ3) is 5.70. The molecule has 1 aliphatic heterocycles. The number of nitrogens with one attached hydrogen (secondary N) is 3. The number of amides is 1. The van der Waals surface area contributed by atoms with Crippen molar-refractivity contribution >= 4 is 22.2 Å². The molecule has 8 heteroatoms. The second-order valence-corrected chi connectivity index (χ2v) is 8.08. The maximum absolute atomic E-state index is 12.6. The first-order valence-electron chi connectivity index (χ1n) is 9.84. The van der Waals surface area contributed by atoms with Gasteiger partial charge in [0.15, 0.2) is 6.04 Å². The summed E-state index contributed by atoms with van der Waals surface area (Å²) in [5, 5.41) is 14.5. The van der Waals surface area contributed by atoms with Crippen LogP contribution >= 0.6 is 11.3 Å². The fraction of sp³-hybridized carbons (Fsp3) is 0.429. The number of carbonyl (C=O) groups is 1. The topological polar surface area (TPSA) is 80.2 Å². The Morgan fingerprint density at radius 3 is 2.55 bits per heavy atom. The molecule has 2 aromatic rings. The zero-order valence-corrected chi connectivity index (χ0v) is 17.7. The Morgan fingerprint density at radius 2 is 1.90 bits per heavy atom. The lowest BCUT2D eigenvalue weighted by atomic mass is 10.2. The normalized spacial score (nSPS) is 19.8. The summed E-state index contributed by atoms with van der Waals surface area (Å²) in [6.07, 6.45) is 0. The molecule has 3 N–H and O–H groups in total. The molecule has 2 heterocycles. The average molecular weight is 417 g/mol. The molecule has 1 fully saturated rings. The molecule has 0 bridgehead atoms. The Bertz CT molecular complexity index is 838. The monoisotopic (exact) mass is 416 g/mol. The third-order valence-corrected chi connectivity index (χ3v) is 6.24. The van der Waals surface area contributed by atoms with Crippen LogP contribution in [0.15, 0.2) is 35.7 Å². The molecule has 7 nitrogen and oxygen atoms in total. The minimum Gasteiger partial charge on any atom is -0.497 e. The van der Waals surface area contributed by atoms with E-state index < -0.39 is 0 Å². The van der Waals surface area contributed by atoms with Gasteiger partial charge in [0.1, 0.15) is 61.9 Å². The Labute approximate surface area is 175 Å². The number of nitrogens with zero attached hydrogens (tertiary/aromatic N) is 1. The molecular formula is C21H28N4O3S+2. The summed E-state index contributed by atoms with van der Waals surface area (Å²) in [7, 11) is 1.65. The molecule has 1 aromatic carbocycles. The Hall–Kier alpha value is -2.60. The Kier molecular flexibility index (Phi) is 7.47. The summed E-state index contributed by atoms with van der Waals surface area (Å²) in [5.41, 5.74) is 0.525. The Morgan fingerprint density at radius 1 is 1.21 bits per heavy atom. The number of ether oxygens (including phenoxy) is 2. The molecule has 1 aliphatic rings. The van der Waals surface area contributed by atoms with Crippen molar-refractivity contribution in [2.45, 2.75) is 13.0 Å². The number of methoxy groups -OCH3 is 1. The molecule has 1 saturated heterocycles. The summed E-state index contributed by atoms with van der Waals surface area (Å²) >= 11 is 1.39. The van der Waals surface area contributed by atoms with Gasteiger partial charge in [0.2, 0.25) is 0 Å². The van der Waals surface area contributed by atoms with Crippen LogP contribution in [0.3, 0.4) is 0 Å². The smallest absolute Gasteiger partial charge is 0.283 e. The van der Waals surface area contributed by atoms with E-state index in [2.05, 4.69) is 11.4 Å². The van der Waals surface area contributed by atoms with Crippen LogP contribution in [-0.2, 0) is 4.79 Å². The van der Waals surface area contributed by atoms with Crippen LogP contribution in [0, 0.1) is 11.3 Å². The van der Waals surface area contributed by atoms with E-state index in [-0.39, 0.29) is 11.9 Å². The number of thiophene rings is 1. The van der Waals surface area contributed by atoms with Crippen molar-refractivity contribution in [3.05, 3.63) is 41.3 Å². The van der Waals surface area contributed by atoms with Gasteiger partial charge in [0.25, 0.3) is 5.91 Å². The van der Waals surface area contributed by atoms with Gasteiger partial charge in [0.05, 0.1) is 12.7 Å². The first-order valence-corrected chi connectivity index (χ1v) is 10.7. The van der Waals surface area contributed by atoms with Gasteiger partial charge in [-0.3, -0.25) is 4.79 Å². The van der Waals surface area contributed by atoms with E-state index in [4.69, 9.17) is 14.7 Å². The first kappa shape index (κ1) is 21.1. The minimum atomic E-state index is -0.138. The van der Waals surface area contributed by atoms with Crippen molar-refractivity contribution in [2.24, 2.45) is 0 Å². The zero-order chi connectivity index (χ0) is 20.6. The number of quaternary nitrogens is 2. The number of carbonyl (C=O) groups excluding carboxylic acids is 1. The number of anilines is 1. The average Bonchev–Trinajstić information content (AvgIpc) is 3.21. The Balaban J connectivity index is 1.39. The quantitative estimate of drug-likeness (QED) is 0.558. The molecular weight excluding hydrogens is 388 g/mol. The van der Waals surface area contributed by atoms with E-state index in [9.17, 15) is 4.79 Å². The molecule has 0 saturated carbocycles. The van der Waals surface area contributed by atoms with Gasteiger partial charge < -0.3 is 24.6 Å². The van der Waals surface area contributed by atoms with Crippen LogP contribution < -0.4 is 24.6 Å². The number of hydrogen-bond acceptors (Lipinski definition) is 5. The van der Waals surface area contributed by atoms with Gasteiger partial charge in [0, 0.05) is 0 Å². The first-order chi connectivity index (χ1) is 14.1. The van der Waals surface area contributed by atoms with Gasteiger partial charge in [-0.05, 0) is 42.6 Å². The van der Waals surface area contributed by atoms with Crippen LogP contribution in [0.2, 0.25) is 0 Å². The van der Waals surface area contributed by atoms with Crippen LogP contribution in [0.4, 0.5) is 5.00 Å². The zero-order valence-electron chi connectivity index (χ0n) is 16.9. The summed E-state index contributed by atoms with van der Waals surface area (Å²) in [6.45, 7) is 7.50. The number of rotatable bonds is 8. The van der Waals surface area contributed by atoms with E-state index in [0.29, 0.717) is 17.2 Å². The molecule has 3 rings (SSSR count). The largest absolute Gasteiger partial charge is 0.497 e. The molecule has 154 valence electrons. The predicted molar refractivity (Wildman–Crippen MR) is 112 cm³/mol. The highest BCUT2D eigenvalue weighted by molar-refractivity contribution is 7.14. The summed E-state index contributed by atoms with van der Waals surface area (Å²) in [6, 6.07) is 11.3. The van der Waals surface area contributed by atoms with Gasteiger partial charge in [-0.25, -0.2) is 0 Å².